The molecule has 0 aromatic carbocycles. The van der Waals surface area contributed by atoms with Gasteiger partial charge in [0.2, 0.25) is 0 Å². The summed E-state index contributed by atoms with van der Waals surface area (Å²) >= 11 is 0. The molecule has 1 heteroatoms. The van der Waals surface area contributed by atoms with Gasteiger partial charge < -0.3 is 4.57 Å². The number of nitrogens with zero attached hydrogens (tertiary/aromatic N) is 1. The molecule has 1 unspecified atom stereocenters. The molecular weight excluding hydrogens is 242 g/mol. The van der Waals surface area contributed by atoms with Crippen molar-refractivity contribution in [3.8, 4) is 0 Å². The largest absolute Gasteiger partial charge is 0.354 e. The van der Waals surface area contributed by atoms with Gasteiger partial charge in [-0.15, -0.1) is 0 Å². The zero-order valence-corrected chi connectivity index (χ0v) is 14.5. The summed E-state index contributed by atoms with van der Waals surface area (Å²) in [6.45, 7) is 9.29. The Hall–Kier alpha value is -0.720. The second-order valence-corrected chi connectivity index (χ2v) is 6.84. The van der Waals surface area contributed by atoms with Crippen molar-refractivity contribution in [2.75, 3.05) is 0 Å². The van der Waals surface area contributed by atoms with Crippen LogP contribution in [0.1, 0.15) is 89.8 Å². The Bertz CT molecular complexity index is 377. The Morgan fingerprint density at radius 3 is 2.00 bits per heavy atom. The first-order chi connectivity index (χ1) is 9.53. The van der Waals surface area contributed by atoms with Crippen LogP contribution in [-0.2, 0) is 12.5 Å². The Labute approximate surface area is 126 Å². The average Bonchev–Trinajstić information content (AvgIpc) is 2.75. The fourth-order valence-electron chi connectivity index (χ4n) is 3.42. The first kappa shape index (κ1) is 17.3. The molecule has 0 aliphatic rings. The smallest absolute Gasteiger partial charge is 0.0233 e. The summed E-state index contributed by atoms with van der Waals surface area (Å²) in [6, 6.07) is 2.41. The molecule has 116 valence electrons. The van der Waals surface area contributed by atoms with Crippen LogP contribution < -0.4 is 0 Å². The first-order valence-electron chi connectivity index (χ1n) is 8.67. The van der Waals surface area contributed by atoms with Gasteiger partial charge in [-0.2, -0.15) is 0 Å². The van der Waals surface area contributed by atoms with E-state index in [4.69, 9.17) is 0 Å². The summed E-state index contributed by atoms with van der Waals surface area (Å²) in [5.41, 5.74) is 3.31. The minimum Gasteiger partial charge on any atom is -0.354 e. The lowest BCUT2D eigenvalue weighted by Crippen LogP contribution is -2.25. The van der Waals surface area contributed by atoms with Crippen LogP contribution in [0.5, 0.6) is 0 Å². The third kappa shape index (κ3) is 5.00. The number of hydrogen-bond donors (Lipinski definition) is 0. The van der Waals surface area contributed by atoms with E-state index in [2.05, 4.69) is 51.6 Å². The van der Waals surface area contributed by atoms with Crippen LogP contribution in [0.15, 0.2) is 12.3 Å². The number of hydrogen-bond acceptors (Lipinski definition) is 0. The van der Waals surface area contributed by atoms with Crippen LogP contribution in [0.3, 0.4) is 0 Å². The van der Waals surface area contributed by atoms with Crippen LogP contribution in [0.25, 0.3) is 0 Å². The Kier molecular flexibility index (Phi) is 7.40. The van der Waals surface area contributed by atoms with Crippen LogP contribution in [0, 0.1) is 6.92 Å². The van der Waals surface area contributed by atoms with Gasteiger partial charge in [-0.1, -0.05) is 65.7 Å². The SMILES string of the molecule is CCCCCCC(C)(CCCCC)c1cc(C)cn1C. The van der Waals surface area contributed by atoms with Gasteiger partial charge in [-0.25, -0.2) is 0 Å². The van der Waals surface area contributed by atoms with Crippen molar-refractivity contribution in [2.45, 2.75) is 90.9 Å². The molecule has 0 radical (unpaired) electrons. The molecule has 0 saturated heterocycles. The monoisotopic (exact) mass is 277 g/mol. The van der Waals surface area contributed by atoms with Gasteiger partial charge in [0.1, 0.15) is 0 Å². The lowest BCUT2D eigenvalue weighted by molar-refractivity contribution is 0.349. The zero-order chi connectivity index (χ0) is 15.0. The lowest BCUT2D eigenvalue weighted by Gasteiger charge is -2.31. The highest BCUT2D eigenvalue weighted by Crippen LogP contribution is 2.36. The maximum Gasteiger partial charge on any atom is 0.0233 e. The summed E-state index contributed by atoms with van der Waals surface area (Å²) < 4.78 is 2.36. The maximum atomic E-state index is 2.49. The quantitative estimate of drug-likeness (QED) is 0.452. The maximum absolute atomic E-state index is 2.49. The molecule has 0 spiro atoms. The minimum atomic E-state index is 0.367. The summed E-state index contributed by atoms with van der Waals surface area (Å²) in [4.78, 5) is 0. The van der Waals surface area contributed by atoms with Crippen LogP contribution in [-0.4, -0.2) is 4.57 Å². The predicted octanol–water partition coefficient (Wildman–Crippen LogP) is 6.14. The van der Waals surface area contributed by atoms with Crippen molar-refractivity contribution in [3.05, 3.63) is 23.5 Å². The van der Waals surface area contributed by atoms with E-state index in [1.54, 1.807) is 5.69 Å². The summed E-state index contributed by atoms with van der Waals surface area (Å²) in [5.74, 6) is 0. The third-order valence-corrected chi connectivity index (χ3v) is 4.67. The minimum absolute atomic E-state index is 0.367. The van der Waals surface area contributed by atoms with Gasteiger partial charge in [0, 0.05) is 24.4 Å². The van der Waals surface area contributed by atoms with E-state index < -0.39 is 0 Å². The summed E-state index contributed by atoms with van der Waals surface area (Å²) in [7, 11) is 2.21. The number of aromatic nitrogens is 1. The van der Waals surface area contributed by atoms with Gasteiger partial charge in [0.25, 0.3) is 0 Å². The third-order valence-electron chi connectivity index (χ3n) is 4.67. The molecule has 1 rings (SSSR count). The van der Waals surface area contributed by atoms with Crippen molar-refractivity contribution in [2.24, 2.45) is 7.05 Å². The molecule has 0 saturated carbocycles. The molecule has 0 N–H and O–H groups in total. The van der Waals surface area contributed by atoms with Crippen molar-refractivity contribution >= 4 is 0 Å². The average molecular weight is 277 g/mol. The van der Waals surface area contributed by atoms with Crippen LogP contribution in [0.2, 0.25) is 0 Å². The van der Waals surface area contributed by atoms with Gasteiger partial charge in [-0.05, 0) is 31.4 Å². The van der Waals surface area contributed by atoms with Gasteiger partial charge in [0.15, 0.2) is 0 Å². The fraction of sp³-hybridized carbons (Fsp3) is 0.789. The van der Waals surface area contributed by atoms with Crippen LogP contribution >= 0.6 is 0 Å². The van der Waals surface area contributed by atoms with Crippen LogP contribution in [0.4, 0.5) is 0 Å². The topological polar surface area (TPSA) is 4.93 Å². The Morgan fingerprint density at radius 1 is 0.950 bits per heavy atom. The number of rotatable bonds is 10. The molecule has 0 amide bonds. The molecule has 1 aromatic heterocycles. The molecule has 0 aliphatic heterocycles. The van der Waals surface area contributed by atoms with E-state index in [1.807, 2.05) is 0 Å². The molecule has 1 heterocycles. The predicted molar refractivity (Wildman–Crippen MR) is 90.4 cm³/mol. The molecule has 1 nitrogen and oxygen atoms in total. The van der Waals surface area contributed by atoms with Crippen molar-refractivity contribution in [1.82, 2.24) is 4.57 Å². The number of aryl methyl sites for hydroxylation is 2. The van der Waals surface area contributed by atoms with E-state index in [9.17, 15) is 0 Å². The second kappa shape index (κ2) is 8.54. The second-order valence-electron chi connectivity index (χ2n) is 6.84. The lowest BCUT2D eigenvalue weighted by atomic mass is 9.77. The first-order valence-corrected chi connectivity index (χ1v) is 8.67. The molecule has 1 aromatic rings. The highest BCUT2D eigenvalue weighted by Gasteiger charge is 2.28. The molecule has 0 bridgehead atoms. The van der Waals surface area contributed by atoms with Crippen molar-refractivity contribution in [1.29, 1.82) is 0 Å². The molecule has 0 aliphatic carbocycles. The molecule has 0 fully saturated rings. The standard InChI is InChI=1S/C19H35N/c1-6-8-10-12-14-19(4,13-11-9-7-2)18-15-17(3)16-20(18)5/h15-16H,6-14H2,1-5H3. The van der Waals surface area contributed by atoms with E-state index in [0.717, 1.165) is 0 Å². The summed E-state index contributed by atoms with van der Waals surface area (Å²) in [5, 5.41) is 0. The molecule has 1 atom stereocenters. The Balaban J connectivity index is 2.74. The van der Waals surface area contributed by atoms with E-state index >= 15 is 0 Å². The molecular formula is C19H35N. The number of unbranched alkanes of at least 4 members (excludes halogenated alkanes) is 5. The highest BCUT2D eigenvalue weighted by atomic mass is 14.9. The van der Waals surface area contributed by atoms with Gasteiger partial charge in [0.05, 0.1) is 0 Å². The van der Waals surface area contributed by atoms with E-state index in [1.165, 1.54) is 63.4 Å². The highest BCUT2D eigenvalue weighted by molar-refractivity contribution is 5.24. The van der Waals surface area contributed by atoms with E-state index in [-0.39, 0.29) is 0 Å². The van der Waals surface area contributed by atoms with Crippen molar-refractivity contribution < 1.29 is 0 Å². The Morgan fingerprint density at radius 2 is 1.50 bits per heavy atom. The van der Waals surface area contributed by atoms with E-state index in [0.29, 0.717) is 5.41 Å². The van der Waals surface area contributed by atoms with Gasteiger partial charge >= 0.3 is 0 Å². The normalized spacial score (nSPS) is 14.4. The van der Waals surface area contributed by atoms with Crippen molar-refractivity contribution in [3.63, 3.8) is 0 Å². The molecule has 20 heavy (non-hydrogen) atoms. The summed E-state index contributed by atoms with van der Waals surface area (Å²) in [6.07, 6.45) is 14.5. The fourth-order valence-corrected chi connectivity index (χ4v) is 3.42. The zero-order valence-electron chi connectivity index (χ0n) is 14.5. The van der Waals surface area contributed by atoms with Gasteiger partial charge in [-0.3, -0.25) is 0 Å².